The Morgan fingerprint density at radius 2 is 1.83 bits per heavy atom. The van der Waals surface area contributed by atoms with E-state index < -0.39 is 5.91 Å². The number of hydrazone groups is 1. The zero-order chi connectivity index (χ0) is 17.3. The Hall–Kier alpha value is -2.47. The summed E-state index contributed by atoms with van der Waals surface area (Å²) >= 11 is 0. The van der Waals surface area contributed by atoms with E-state index in [0.29, 0.717) is 16.9 Å². The van der Waals surface area contributed by atoms with Crippen LogP contribution in [-0.4, -0.2) is 23.2 Å². The predicted octanol–water partition coefficient (Wildman–Crippen LogP) is 2.51. The quantitative estimate of drug-likeness (QED) is 0.451. The summed E-state index contributed by atoms with van der Waals surface area (Å²) in [5, 5.41) is 12.6. The summed E-state index contributed by atoms with van der Waals surface area (Å²) in [7, 11) is 0. The number of nitrogens with zero attached hydrogens (tertiary/aromatic N) is 1. The highest BCUT2D eigenvalue weighted by molar-refractivity contribution is 5.97. The maximum atomic E-state index is 12.1. The molecule has 0 spiro atoms. The molecule has 6 heteroatoms. The minimum Gasteiger partial charge on any atom is -0.288 e. The van der Waals surface area contributed by atoms with Gasteiger partial charge in [0.1, 0.15) is 0 Å². The first-order chi connectivity index (χ1) is 11.4. The number of benzene rings is 1. The van der Waals surface area contributed by atoms with Crippen LogP contribution in [0.15, 0.2) is 41.0 Å². The van der Waals surface area contributed by atoms with Crippen molar-refractivity contribution in [2.45, 2.75) is 26.7 Å². The molecule has 1 saturated carbocycles. The maximum absolute atomic E-state index is 12.1. The Labute approximate surface area is 140 Å². The fraction of sp³-hybridized carbons (Fsp3) is 0.389. The molecule has 3 aliphatic rings. The summed E-state index contributed by atoms with van der Waals surface area (Å²) in [5.74, 6) is 0.326. The molecule has 24 heavy (non-hydrogen) atoms. The summed E-state index contributed by atoms with van der Waals surface area (Å²) in [4.78, 5) is 23.3. The van der Waals surface area contributed by atoms with Crippen LogP contribution < -0.4 is 10.9 Å². The number of hydrogen-bond donors (Lipinski definition) is 3. The zero-order valence-electron chi connectivity index (χ0n) is 13.7. The molecular weight excluding hydrogens is 306 g/mol. The lowest BCUT2D eigenvalue weighted by Gasteiger charge is -2.55. The van der Waals surface area contributed by atoms with Crippen molar-refractivity contribution in [3.8, 4) is 0 Å². The molecule has 0 radical (unpaired) electrons. The second kappa shape index (κ2) is 6.20. The molecule has 0 heterocycles. The Kier molecular flexibility index (Phi) is 4.24. The second-order valence-corrected chi connectivity index (χ2v) is 6.96. The van der Waals surface area contributed by atoms with E-state index in [4.69, 9.17) is 5.21 Å². The molecule has 1 aromatic carbocycles. The topological polar surface area (TPSA) is 90.8 Å². The number of hydroxylamine groups is 1. The van der Waals surface area contributed by atoms with Crippen molar-refractivity contribution < 1.29 is 14.8 Å². The molecule has 0 aliphatic heterocycles. The highest BCUT2D eigenvalue weighted by Gasteiger charge is 2.50. The van der Waals surface area contributed by atoms with Gasteiger partial charge in [-0.05, 0) is 59.9 Å². The van der Waals surface area contributed by atoms with Gasteiger partial charge in [0.2, 0.25) is 0 Å². The minimum atomic E-state index is -0.620. The number of rotatable bonds is 4. The second-order valence-electron chi connectivity index (χ2n) is 6.96. The van der Waals surface area contributed by atoms with Crippen LogP contribution in [0, 0.1) is 17.3 Å². The summed E-state index contributed by atoms with van der Waals surface area (Å²) < 4.78 is 0. The Morgan fingerprint density at radius 3 is 2.38 bits per heavy atom. The Bertz CT molecular complexity index is 720. The molecule has 2 atom stereocenters. The lowest BCUT2D eigenvalue weighted by atomic mass is 9.49. The minimum absolute atomic E-state index is 0.270. The number of carbonyl (C=O) groups is 2. The van der Waals surface area contributed by atoms with Crippen LogP contribution in [0.4, 0.5) is 0 Å². The number of nitrogens with one attached hydrogen (secondary N) is 2. The maximum Gasteiger partial charge on any atom is 0.274 e. The molecule has 3 N–H and O–H groups in total. The van der Waals surface area contributed by atoms with Gasteiger partial charge in [-0.2, -0.15) is 5.10 Å². The van der Waals surface area contributed by atoms with Crippen molar-refractivity contribution in [2.24, 2.45) is 22.4 Å². The molecule has 0 aromatic heterocycles. The molecule has 2 bridgehead atoms. The number of fused-ring (bicyclic) bond motifs is 1. The van der Waals surface area contributed by atoms with E-state index in [9.17, 15) is 9.59 Å². The van der Waals surface area contributed by atoms with Crippen LogP contribution in [-0.2, 0) is 0 Å². The zero-order valence-corrected chi connectivity index (χ0v) is 13.7. The molecule has 2 amide bonds. The van der Waals surface area contributed by atoms with Crippen molar-refractivity contribution in [1.82, 2.24) is 10.9 Å². The molecule has 126 valence electrons. The van der Waals surface area contributed by atoms with Gasteiger partial charge >= 0.3 is 0 Å². The van der Waals surface area contributed by atoms with Crippen LogP contribution in [0.1, 0.15) is 47.4 Å². The smallest absolute Gasteiger partial charge is 0.274 e. The van der Waals surface area contributed by atoms with E-state index in [1.165, 1.54) is 36.3 Å². The van der Waals surface area contributed by atoms with Crippen LogP contribution in [0.3, 0.4) is 0 Å². The third-order valence-electron chi connectivity index (χ3n) is 5.40. The van der Waals surface area contributed by atoms with Crippen LogP contribution >= 0.6 is 0 Å². The van der Waals surface area contributed by atoms with Gasteiger partial charge in [0.15, 0.2) is 0 Å². The lowest BCUT2D eigenvalue weighted by molar-refractivity contribution is -0.00126. The van der Waals surface area contributed by atoms with E-state index >= 15 is 0 Å². The van der Waals surface area contributed by atoms with Crippen LogP contribution in [0.2, 0.25) is 0 Å². The average Bonchev–Trinajstić information content (AvgIpc) is 2.61. The summed E-state index contributed by atoms with van der Waals surface area (Å²) in [5.41, 5.74) is 6.24. The fourth-order valence-corrected chi connectivity index (χ4v) is 3.61. The molecular formula is C18H21N3O3. The number of allylic oxidation sites excluding steroid dienone is 2. The first-order valence-electron chi connectivity index (χ1n) is 8.01. The monoisotopic (exact) mass is 327 g/mol. The van der Waals surface area contributed by atoms with E-state index in [2.05, 4.69) is 30.5 Å². The summed E-state index contributed by atoms with van der Waals surface area (Å²) in [6.07, 6.45) is 6.23. The SMILES string of the molecule is CC1(C)[C@H]2CC=C(/C=N/NC(=O)c3ccc(C(=O)NO)cc3)[C@@H]1C2. The van der Waals surface area contributed by atoms with Crippen molar-refractivity contribution in [2.75, 3.05) is 0 Å². The van der Waals surface area contributed by atoms with Crippen LogP contribution in [0.5, 0.6) is 0 Å². The molecule has 6 nitrogen and oxygen atoms in total. The number of amides is 2. The standard InChI is InChI=1S/C18H21N3O3/c1-18(2)14-8-7-13(15(18)9-14)10-19-20-16(22)11-3-5-12(6-4-11)17(23)21-24/h3-7,10,14-15,24H,8-9H2,1-2H3,(H,20,22)(H,21,23)/b19-10+/t14-,15-/m0/s1. The van der Waals surface area contributed by atoms with Gasteiger partial charge in [-0.1, -0.05) is 19.9 Å². The fourth-order valence-electron chi connectivity index (χ4n) is 3.61. The normalized spacial score (nSPS) is 24.0. The summed E-state index contributed by atoms with van der Waals surface area (Å²) in [6, 6.07) is 5.94. The van der Waals surface area contributed by atoms with Gasteiger partial charge in [0, 0.05) is 11.1 Å². The van der Waals surface area contributed by atoms with Gasteiger partial charge in [-0.15, -0.1) is 0 Å². The third kappa shape index (κ3) is 2.85. The van der Waals surface area contributed by atoms with E-state index in [0.717, 1.165) is 12.3 Å². The van der Waals surface area contributed by atoms with Crippen molar-refractivity contribution in [3.05, 3.63) is 47.0 Å². The van der Waals surface area contributed by atoms with Gasteiger partial charge in [-0.25, -0.2) is 10.9 Å². The molecule has 4 rings (SSSR count). The van der Waals surface area contributed by atoms with Gasteiger partial charge < -0.3 is 0 Å². The van der Waals surface area contributed by atoms with E-state index in [1.807, 2.05) is 0 Å². The Balaban J connectivity index is 1.60. The third-order valence-corrected chi connectivity index (χ3v) is 5.40. The molecule has 1 aromatic rings. The average molecular weight is 327 g/mol. The van der Waals surface area contributed by atoms with Crippen molar-refractivity contribution >= 4 is 18.0 Å². The molecule has 1 fully saturated rings. The van der Waals surface area contributed by atoms with E-state index in [1.54, 1.807) is 11.7 Å². The first-order valence-corrected chi connectivity index (χ1v) is 8.01. The highest BCUT2D eigenvalue weighted by atomic mass is 16.5. The molecule has 0 saturated heterocycles. The Morgan fingerprint density at radius 1 is 1.21 bits per heavy atom. The number of carbonyl (C=O) groups excluding carboxylic acids is 2. The van der Waals surface area contributed by atoms with Gasteiger partial charge in [0.25, 0.3) is 11.8 Å². The highest BCUT2D eigenvalue weighted by Crippen LogP contribution is 2.58. The molecule has 0 unspecified atom stereocenters. The summed E-state index contributed by atoms with van der Waals surface area (Å²) in [6.45, 7) is 4.57. The van der Waals surface area contributed by atoms with E-state index in [-0.39, 0.29) is 11.5 Å². The van der Waals surface area contributed by atoms with Crippen molar-refractivity contribution in [1.29, 1.82) is 0 Å². The predicted molar refractivity (Wildman–Crippen MR) is 89.7 cm³/mol. The van der Waals surface area contributed by atoms with Gasteiger partial charge in [0.05, 0.1) is 6.21 Å². The first kappa shape index (κ1) is 16.4. The van der Waals surface area contributed by atoms with Gasteiger partial charge in [-0.3, -0.25) is 14.8 Å². The van der Waals surface area contributed by atoms with Crippen LogP contribution in [0.25, 0.3) is 0 Å². The number of hydrogen-bond acceptors (Lipinski definition) is 4. The molecule has 3 aliphatic carbocycles. The van der Waals surface area contributed by atoms with Crippen molar-refractivity contribution in [3.63, 3.8) is 0 Å². The largest absolute Gasteiger partial charge is 0.288 e. The lowest BCUT2D eigenvalue weighted by Crippen LogP contribution is -2.48.